The highest BCUT2D eigenvalue weighted by atomic mass is 19.1. The van der Waals surface area contributed by atoms with Gasteiger partial charge in [0.05, 0.1) is 0 Å². The van der Waals surface area contributed by atoms with E-state index in [-0.39, 0.29) is 5.82 Å². The average molecular weight is 250 g/mol. The Morgan fingerprint density at radius 3 is 2.72 bits per heavy atom. The lowest BCUT2D eigenvalue weighted by atomic mass is 10.1. The molecule has 1 aromatic rings. The van der Waals surface area contributed by atoms with E-state index in [1.165, 1.54) is 18.5 Å². The van der Waals surface area contributed by atoms with Crippen LogP contribution >= 0.6 is 0 Å². The molecule has 0 amide bonds. The lowest BCUT2D eigenvalue weighted by molar-refractivity contribution is 0.618. The van der Waals surface area contributed by atoms with Crippen LogP contribution in [0, 0.1) is 5.82 Å². The Hall–Kier alpha value is -1.09. The maximum atomic E-state index is 13.4. The van der Waals surface area contributed by atoms with E-state index >= 15 is 0 Å². The highest BCUT2D eigenvalue weighted by Crippen LogP contribution is 2.24. The molecule has 1 fully saturated rings. The highest BCUT2D eigenvalue weighted by Gasteiger charge is 2.21. The van der Waals surface area contributed by atoms with Crippen LogP contribution in [-0.4, -0.2) is 19.1 Å². The van der Waals surface area contributed by atoms with Gasteiger partial charge in [-0.2, -0.15) is 0 Å². The fourth-order valence-corrected chi connectivity index (χ4v) is 2.26. The molecule has 0 saturated heterocycles. The molecule has 1 saturated carbocycles. The Morgan fingerprint density at radius 1 is 1.33 bits per heavy atom. The molecule has 2 rings (SSSR count). The second kappa shape index (κ2) is 6.19. The number of anilines is 1. The van der Waals surface area contributed by atoms with Crippen molar-refractivity contribution in [2.75, 3.05) is 18.0 Å². The number of nitrogens with zero attached hydrogens (tertiary/aromatic N) is 1. The van der Waals surface area contributed by atoms with Gasteiger partial charge >= 0.3 is 0 Å². The summed E-state index contributed by atoms with van der Waals surface area (Å²) in [6.45, 7) is 7.10. The summed E-state index contributed by atoms with van der Waals surface area (Å²) >= 11 is 0. The van der Waals surface area contributed by atoms with Crippen molar-refractivity contribution in [1.82, 2.24) is 5.32 Å². The summed E-state index contributed by atoms with van der Waals surface area (Å²) < 4.78 is 13.4. The van der Waals surface area contributed by atoms with E-state index in [0.29, 0.717) is 6.04 Å². The van der Waals surface area contributed by atoms with Crippen molar-refractivity contribution in [3.8, 4) is 0 Å². The van der Waals surface area contributed by atoms with Crippen molar-refractivity contribution in [2.24, 2.45) is 0 Å². The maximum absolute atomic E-state index is 13.4. The Morgan fingerprint density at radius 2 is 2.11 bits per heavy atom. The zero-order chi connectivity index (χ0) is 13.0. The molecule has 0 radical (unpaired) electrons. The van der Waals surface area contributed by atoms with Gasteiger partial charge in [-0.3, -0.25) is 0 Å². The van der Waals surface area contributed by atoms with E-state index < -0.39 is 0 Å². The SMILES string of the molecule is CCCN(CC)c1ccc(F)cc1CNC1CC1. The summed E-state index contributed by atoms with van der Waals surface area (Å²) in [5, 5.41) is 3.47. The topological polar surface area (TPSA) is 15.3 Å². The van der Waals surface area contributed by atoms with E-state index in [0.717, 1.165) is 31.6 Å². The average Bonchev–Trinajstić information content (AvgIpc) is 3.18. The first-order chi connectivity index (χ1) is 8.74. The molecule has 18 heavy (non-hydrogen) atoms. The number of benzene rings is 1. The summed E-state index contributed by atoms with van der Waals surface area (Å²) in [4.78, 5) is 2.32. The van der Waals surface area contributed by atoms with Gasteiger partial charge in [-0.25, -0.2) is 4.39 Å². The van der Waals surface area contributed by atoms with Crippen LogP contribution in [0.3, 0.4) is 0 Å². The monoisotopic (exact) mass is 250 g/mol. The van der Waals surface area contributed by atoms with Crippen LogP contribution in [0.1, 0.15) is 38.7 Å². The summed E-state index contributed by atoms with van der Waals surface area (Å²) in [6, 6.07) is 5.80. The van der Waals surface area contributed by atoms with Crippen molar-refractivity contribution in [3.05, 3.63) is 29.6 Å². The van der Waals surface area contributed by atoms with Crippen molar-refractivity contribution in [1.29, 1.82) is 0 Å². The first kappa shape index (κ1) is 13.3. The van der Waals surface area contributed by atoms with Gasteiger partial charge < -0.3 is 10.2 Å². The second-order valence-electron chi connectivity index (χ2n) is 5.01. The Balaban J connectivity index is 2.14. The third kappa shape index (κ3) is 3.45. The Labute approximate surface area is 109 Å². The lowest BCUT2D eigenvalue weighted by Gasteiger charge is -2.25. The third-order valence-electron chi connectivity index (χ3n) is 3.42. The summed E-state index contributed by atoms with van der Waals surface area (Å²) in [5.41, 5.74) is 2.26. The normalized spacial score (nSPS) is 14.8. The largest absolute Gasteiger partial charge is 0.372 e. The Bertz CT molecular complexity index is 388. The molecule has 100 valence electrons. The zero-order valence-corrected chi connectivity index (χ0v) is 11.4. The molecule has 0 unspecified atom stereocenters. The van der Waals surface area contributed by atoms with Crippen LogP contribution in [0.15, 0.2) is 18.2 Å². The van der Waals surface area contributed by atoms with Crippen LogP contribution in [0.4, 0.5) is 10.1 Å². The van der Waals surface area contributed by atoms with Gasteiger partial charge in [0.1, 0.15) is 5.82 Å². The second-order valence-corrected chi connectivity index (χ2v) is 5.01. The van der Waals surface area contributed by atoms with Crippen LogP contribution < -0.4 is 10.2 Å². The van der Waals surface area contributed by atoms with Gasteiger partial charge in [0, 0.05) is 31.4 Å². The van der Waals surface area contributed by atoms with Crippen LogP contribution in [0.2, 0.25) is 0 Å². The van der Waals surface area contributed by atoms with E-state index in [9.17, 15) is 4.39 Å². The minimum absolute atomic E-state index is 0.140. The molecule has 0 heterocycles. The van der Waals surface area contributed by atoms with Crippen LogP contribution in [0.25, 0.3) is 0 Å². The van der Waals surface area contributed by atoms with Crippen molar-refractivity contribution < 1.29 is 4.39 Å². The predicted octanol–water partition coefficient (Wildman–Crippen LogP) is 3.31. The summed E-state index contributed by atoms with van der Waals surface area (Å²) in [5.74, 6) is -0.140. The molecule has 0 bridgehead atoms. The maximum Gasteiger partial charge on any atom is 0.123 e. The van der Waals surface area contributed by atoms with Crippen LogP contribution in [0.5, 0.6) is 0 Å². The van der Waals surface area contributed by atoms with Crippen LogP contribution in [-0.2, 0) is 6.54 Å². The molecule has 2 nitrogen and oxygen atoms in total. The molecular weight excluding hydrogens is 227 g/mol. The molecule has 1 aromatic carbocycles. The predicted molar refractivity (Wildman–Crippen MR) is 74.4 cm³/mol. The molecule has 0 aromatic heterocycles. The van der Waals surface area contributed by atoms with E-state index in [2.05, 4.69) is 24.1 Å². The van der Waals surface area contributed by atoms with Gasteiger partial charge in [0.15, 0.2) is 0 Å². The smallest absolute Gasteiger partial charge is 0.123 e. The van der Waals surface area contributed by atoms with Gasteiger partial charge in [0.25, 0.3) is 0 Å². The van der Waals surface area contributed by atoms with Crippen molar-refractivity contribution in [2.45, 2.75) is 45.7 Å². The molecular formula is C15H23FN2. The van der Waals surface area contributed by atoms with Crippen molar-refractivity contribution in [3.63, 3.8) is 0 Å². The molecule has 3 heteroatoms. The van der Waals surface area contributed by atoms with Gasteiger partial charge in [-0.05, 0) is 49.9 Å². The molecule has 1 N–H and O–H groups in total. The summed E-state index contributed by atoms with van der Waals surface area (Å²) in [6.07, 6.45) is 3.63. The standard InChI is InChI=1S/C15H23FN2/c1-3-9-18(4-2)15-8-5-13(16)10-12(15)11-17-14-6-7-14/h5,8,10,14,17H,3-4,6-7,9,11H2,1-2H3. The van der Waals surface area contributed by atoms with Crippen molar-refractivity contribution >= 4 is 5.69 Å². The lowest BCUT2D eigenvalue weighted by Crippen LogP contribution is -2.26. The zero-order valence-electron chi connectivity index (χ0n) is 11.4. The fraction of sp³-hybridized carbons (Fsp3) is 0.600. The number of rotatable bonds is 7. The molecule has 1 aliphatic rings. The Kier molecular flexibility index (Phi) is 4.59. The molecule has 1 aliphatic carbocycles. The number of hydrogen-bond donors (Lipinski definition) is 1. The molecule has 0 atom stereocenters. The number of halogens is 1. The highest BCUT2D eigenvalue weighted by molar-refractivity contribution is 5.53. The molecule has 0 spiro atoms. The van der Waals surface area contributed by atoms with Gasteiger partial charge in [0.2, 0.25) is 0 Å². The molecule has 0 aliphatic heterocycles. The number of nitrogens with one attached hydrogen (secondary N) is 1. The van der Waals surface area contributed by atoms with Gasteiger partial charge in [-0.1, -0.05) is 6.92 Å². The number of hydrogen-bond acceptors (Lipinski definition) is 2. The quantitative estimate of drug-likeness (QED) is 0.798. The first-order valence-corrected chi connectivity index (χ1v) is 7.01. The van der Waals surface area contributed by atoms with E-state index in [1.54, 1.807) is 12.1 Å². The third-order valence-corrected chi connectivity index (χ3v) is 3.42. The first-order valence-electron chi connectivity index (χ1n) is 7.01. The minimum atomic E-state index is -0.140. The van der Waals surface area contributed by atoms with Gasteiger partial charge in [-0.15, -0.1) is 0 Å². The van der Waals surface area contributed by atoms with E-state index in [4.69, 9.17) is 0 Å². The summed E-state index contributed by atoms with van der Waals surface area (Å²) in [7, 11) is 0. The van der Waals surface area contributed by atoms with E-state index in [1.807, 2.05) is 6.07 Å². The minimum Gasteiger partial charge on any atom is -0.372 e. The fourth-order valence-electron chi connectivity index (χ4n) is 2.26.